The van der Waals surface area contributed by atoms with Gasteiger partial charge in [-0.2, -0.15) is 0 Å². The highest BCUT2D eigenvalue weighted by Crippen LogP contribution is 2.21. The minimum atomic E-state index is -0.181. The predicted molar refractivity (Wildman–Crippen MR) is 103 cm³/mol. The van der Waals surface area contributed by atoms with Gasteiger partial charge in [0, 0.05) is 5.69 Å². The number of hydrogen-bond acceptors (Lipinski definition) is 2. The van der Waals surface area contributed by atoms with E-state index in [9.17, 15) is 9.18 Å². The lowest BCUT2D eigenvalue weighted by Crippen LogP contribution is -3.15. The third-order valence-electron chi connectivity index (χ3n) is 5.02. The lowest BCUT2D eigenvalue weighted by Gasteiger charge is -2.33. The highest BCUT2D eigenvalue weighted by atomic mass is 19.1. The summed E-state index contributed by atoms with van der Waals surface area (Å²) in [5.41, 5.74) is 4.96. The number of carbonyl (C=O) groups excluding carboxylic acids is 1. The number of anilines is 2. The van der Waals surface area contributed by atoms with Crippen LogP contribution in [0.1, 0.15) is 16.7 Å². The summed E-state index contributed by atoms with van der Waals surface area (Å²) in [6.07, 6.45) is 0. The zero-order valence-electron chi connectivity index (χ0n) is 15.7. The molecule has 1 amide bonds. The molecule has 1 saturated heterocycles. The summed E-state index contributed by atoms with van der Waals surface area (Å²) in [4.78, 5) is 15.8. The topological polar surface area (TPSA) is 36.8 Å². The van der Waals surface area contributed by atoms with Gasteiger partial charge in [0.1, 0.15) is 5.82 Å². The monoisotopic (exact) mass is 356 g/mol. The maximum atomic E-state index is 13.9. The van der Waals surface area contributed by atoms with Crippen molar-refractivity contribution >= 4 is 17.3 Å². The van der Waals surface area contributed by atoms with Crippen molar-refractivity contribution in [1.29, 1.82) is 0 Å². The van der Waals surface area contributed by atoms with Gasteiger partial charge in [0.25, 0.3) is 5.91 Å². The third-order valence-corrected chi connectivity index (χ3v) is 5.02. The molecule has 0 aliphatic carbocycles. The van der Waals surface area contributed by atoms with Crippen molar-refractivity contribution in [3.63, 3.8) is 0 Å². The maximum Gasteiger partial charge on any atom is 0.279 e. The van der Waals surface area contributed by atoms with E-state index < -0.39 is 0 Å². The molecule has 0 radical (unpaired) electrons. The summed E-state index contributed by atoms with van der Waals surface area (Å²) in [5, 5.41) is 3.07. The Morgan fingerprint density at radius 1 is 1.12 bits per heavy atom. The molecule has 0 aromatic heterocycles. The molecule has 4 nitrogen and oxygen atoms in total. The minimum Gasteiger partial charge on any atom is -0.358 e. The molecule has 0 saturated carbocycles. The number of benzene rings is 2. The van der Waals surface area contributed by atoms with Gasteiger partial charge in [-0.1, -0.05) is 29.8 Å². The Morgan fingerprint density at radius 3 is 2.35 bits per heavy atom. The first-order chi connectivity index (χ1) is 12.4. The number of hydrogen-bond donors (Lipinski definition) is 2. The van der Waals surface area contributed by atoms with Crippen LogP contribution in [0.2, 0.25) is 0 Å². The van der Waals surface area contributed by atoms with Crippen LogP contribution < -0.4 is 15.1 Å². The second-order valence-electron chi connectivity index (χ2n) is 7.19. The molecule has 138 valence electrons. The van der Waals surface area contributed by atoms with Crippen LogP contribution in [0.25, 0.3) is 0 Å². The Hall–Kier alpha value is -2.40. The van der Waals surface area contributed by atoms with Crippen LogP contribution in [0.5, 0.6) is 0 Å². The largest absolute Gasteiger partial charge is 0.358 e. The first-order valence-corrected chi connectivity index (χ1v) is 9.15. The van der Waals surface area contributed by atoms with Gasteiger partial charge in [-0.3, -0.25) is 4.79 Å². The summed E-state index contributed by atoms with van der Waals surface area (Å²) in [7, 11) is 0. The summed E-state index contributed by atoms with van der Waals surface area (Å²) in [5.74, 6) is -0.145. The zero-order chi connectivity index (χ0) is 18.7. The Labute approximate surface area is 154 Å². The number of piperazine rings is 1. The lowest BCUT2D eigenvalue weighted by molar-refractivity contribution is -0.892. The highest BCUT2D eigenvalue weighted by molar-refractivity contribution is 5.93. The lowest BCUT2D eigenvalue weighted by atomic mass is 10.1. The third kappa shape index (κ3) is 4.22. The van der Waals surface area contributed by atoms with Crippen molar-refractivity contribution in [1.82, 2.24) is 0 Å². The smallest absolute Gasteiger partial charge is 0.279 e. The van der Waals surface area contributed by atoms with Gasteiger partial charge in [0.05, 0.1) is 31.9 Å². The minimum absolute atomic E-state index is 0.0365. The van der Waals surface area contributed by atoms with Gasteiger partial charge in [0.2, 0.25) is 0 Å². The van der Waals surface area contributed by atoms with Gasteiger partial charge >= 0.3 is 0 Å². The van der Waals surface area contributed by atoms with Crippen LogP contribution in [-0.2, 0) is 4.79 Å². The van der Waals surface area contributed by atoms with Crippen LogP contribution >= 0.6 is 0 Å². The van der Waals surface area contributed by atoms with Crippen molar-refractivity contribution in [2.45, 2.75) is 20.8 Å². The van der Waals surface area contributed by atoms with Crippen molar-refractivity contribution in [3.05, 3.63) is 58.9 Å². The number of quaternary nitrogens is 1. The van der Waals surface area contributed by atoms with Crippen molar-refractivity contribution in [3.8, 4) is 0 Å². The van der Waals surface area contributed by atoms with Crippen LogP contribution in [0, 0.1) is 26.6 Å². The molecule has 1 heterocycles. The molecule has 1 aliphatic heterocycles. The molecule has 2 aromatic rings. The molecular weight excluding hydrogens is 329 g/mol. The number of amides is 1. The summed E-state index contributed by atoms with van der Waals surface area (Å²) in [6.45, 7) is 9.72. The average Bonchev–Trinajstić information content (AvgIpc) is 2.59. The van der Waals surface area contributed by atoms with Gasteiger partial charge in [-0.25, -0.2) is 4.39 Å². The predicted octanol–water partition coefficient (Wildman–Crippen LogP) is 2.09. The molecule has 3 rings (SSSR count). The van der Waals surface area contributed by atoms with Crippen LogP contribution in [0.4, 0.5) is 15.8 Å². The quantitative estimate of drug-likeness (QED) is 0.880. The second kappa shape index (κ2) is 7.87. The Kier molecular flexibility index (Phi) is 5.57. The highest BCUT2D eigenvalue weighted by Gasteiger charge is 2.24. The SMILES string of the molecule is Cc1cc(C)c(NC(=O)C[NH+]2CCN(c3ccccc3F)CC2)c(C)c1. The van der Waals surface area contributed by atoms with E-state index in [1.165, 1.54) is 16.5 Å². The fourth-order valence-electron chi connectivity index (χ4n) is 3.74. The molecule has 0 spiro atoms. The van der Waals surface area contributed by atoms with E-state index in [0.717, 1.165) is 43.0 Å². The zero-order valence-corrected chi connectivity index (χ0v) is 15.7. The van der Waals surface area contributed by atoms with Gasteiger partial charge < -0.3 is 15.1 Å². The average molecular weight is 356 g/mol. The van der Waals surface area contributed by atoms with E-state index in [1.807, 2.05) is 26.0 Å². The van der Waals surface area contributed by atoms with E-state index in [0.29, 0.717) is 12.2 Å². The van der Waals surface area contributed by atoms with E-state index in [1.54, 1.807) is 6.07 Å². The first kappa shape index (κ1) is 18.4. The van der Waals surface area contributed by atoms with E-state index in [2.05, 4.69) is 29.3 Å². The number of nitrogens with zero attached hydrogens (tertiary/aromatic N) is 1. The van der Waals surface area contributed by atoms with Crippen molar-refractivity contribution in [2.24, 2.45) is 0 Å². The molecule has 1 fully saturated rings. The fourth-order valence-corrected chi connectivity index (χ4v) is 3.74. The maximum absolute atomic E-state index is 13.9. The molecule has 26 heavy (non-hydrogen) atoms. The fraction of sp³-hybridized carbons (Fsp3) is 0.381. The standard InChI is InChI=1S/C21H26FN3O/c1-15-12-16(2)21(17(3)13-15)23-20(26)14-24-8-10-25(11-9-24)19-7-5-4-6-18(19)22/h4-7,12-13H,8-11,14H2,1-3H3,(H,23,26)/p+1. The molecular formula is C21H27FN3O+. The van der Waals surface area contributed by atoms with E-state index in [-0.39, 0.29) is 11.7 Å². The molecule has 5 heteroatoms. The molecule has 1 aliphatic rings. The number of rotatable bonds is 4. The Morgan fingerprint density at radius 2 is 1.73 bits per heavy atom. The van der Waals surface area contributed by atoms with Crippen molar-refractivity contribution in [2.75, 3.05) is 42.9 Å². The Balaban J connectivity index is 1.55. The van der Waals surface area contributed by atoms with E-state index >= 15 is 0 Å². The van der Waals surface area contributed by atoms with Crippen molar-refractivity contribution < 1.29 is 14.1 Å². The number of aryl methyl sites for hydroxylation is 3. The number of carbonyl (C=O) groups is 1. The van der Waals surface area contributed by atoms with Gasteiger partial charge in [-0.05, 0) is 44.0 Å². The van der Waals surface area contributed by atoms with E-state index in [4.69, 9.17) is 0 Å². The number of halogens is 1. The Bertz CT molecular complexity index is 775. The molecule has 2 N–H and O–H groups in total. The molecule has 2 aromatic carbocycles. The molecule has 0 bridgehead atoms. The number of para-hydroxylation sites is 1. The normalized spacial score (nSPS) is 15.2. The summed E-state index contributed by atoms with van der Waals surface area (Å²) in [6, 6.07) is 11.0. The second-order valence-corrected chi connectivity index (χ2v) is 7.19. The van der Waals surface area contributed by atoms with Gasteiger partial charge in [-0.15, -0.1) is 0 Å². The molecule has 0 atom stereocenters. The summed E-state index contributed by atoms with van der Waals surface area (Å²) < 4.78 is 13.9. The first-order valence-electron chi connectivity index (χ1n) is 9.15. The van der Waals surface area contributed by atoms with Gasteiger partial charge in [0.15, 0.2) is 6.54 Å². The van der Waals surface area contributed by atoms with Crippen LogP contribution in [0.15, 0.2) is 36.4 Å². The number of nitrogens with one attached hydrogen (secondary N) is 2. The van der Waals surface area contributed by atoms with Crippen LogP contribution in [0.3, 0.4) is 0 Å². The summed E-state index contributed by atoms with van der Waals surface area (Å²) >= 11 is 0. The molecule has 0 unspecified atom stereocenters. The van der Waals surface area contributed by atoms with Crippen LogP contribution in [-0.4, -0.2) is 38.6 Å².